The molecule has 0 saturated heterocycles. The van der Waals surface area contributed by atoms with E-state index < -0.39 is 4.92 Å². The highest BCUT2D eigenvalue weighted by molar-refractivity contribution is 5.78. The number of carbonyl (C=O) groups is 1. The van der Waals surface area contributed by atoms with Crippen LogP contribution in [0.1, 0.15) is 51.0 Å². The second-order valence-corrected chi connectivity index (χ2v) is 6.91. The third-order valence-electron chi connectivity index (χ3n) is 4.78. The first-order valence-corrected chi connectivity index (χ1v) is 9.42. The fourth-order valence-electron chi connectivity index (χ4n) is 3.21. The smallest absolute Gasteiger partial charge is 0.270 e. The monoisotopic (exact) mass is 372 g/mol. The summed E-state index contributed by atoms with van der Waals surface area (Å²) < 4.78 is 0. The number of amides is 1. The van der Waals surface area contributed by atoms with Crippen LogP contribution in [0.25, 0.3) is 11.3 Å². The van der Waals surface area contributed by atoms with Gasteiger partial charge >= 0.3 is 0 Å². The maximum atomic E-state index is 12.7. The Balaban J connectivity index is 2.15. The van der Waals surface area contributed by atoms with E-state index in [2.05, 4.69) is 16.9 Å². The number of carbonyl (C=O) groups excluding carboxylic acids is 1. The van der Waals surface area contributed by atoms with Gasteiger partial charge in [0.15, 0.2) is 0 Å². The van der Waals surface area contributed by atoms with Crippen LogP contribution in [0.3, 0.4) is 0 Å². The molecule has 1 N–H and O–H groups in total. The SMILES string of the molecule is CCCC[C@H](CC)C(=O)N(C)Cc1nc(-c2cccc([N+](=O)[O-])c2)c(C)[nH]1. The van der Waals surface area contributed by atoms with Gasteiger partial charge in [-0.05, 0) is 19.8 Å². The maximum absolute atomic E-state index is 12.7. The van der Waals surface area contributed by atoms with Gasteiger partial charge in [-0.25, -0.2) is 4.98 Å². The normalized spacial score (nSPS) is 12.0. The molecule has 1 heterocycles. The molecule has 1 amide bonds. The van der Waals surface area contributed by atoms with Crippen LogP contribution in [0.15, 0.2) is 24.3 Å². The molecular weight excluding hydrogens is 344 g/mol. The van der Waals surface area contributed by atoms with Gasteiger partial charge < -0.3 is 9.88 Å². The molecule has 0 aliphatic heterocycles. The number of nitrogens with one attached hydrogen (secondary N) is 1. The number of benzene rings is 1. The van der Waals surface area contributed by atoms with E-state index in [1.807, 2.05) is 13.8 Å². The highest BCUT2D eigenvalue weighted by atomic mass is 16.6. The van der Waals surface area contributed by atoms with Gasteiger partial charge in [0, 0.05) is 36.4 Å². The number of non-ortho nitro benzene ring substituents is 1. The van der Waals surface area contributed by atoms with Crippen molar-refractivity contribution in [1.82, 2.24) is 14.9 Å². The lowest BCUT2D eigenvalue weighted by molar-refractivity contribution is -0.384. The van der Waals surface area contributed by atoms with Crippen molar-refractivity contribution < 1.29 is 9.72 Å². The van der Waals surface area contributed by atoms with Crippen molar-refractivity contribution in [3.63, 3.8) is 0 Å². The van der Waals surface area contributed by atoms with Gasteiger partial charge in [-0.2, -0.15) is 0 Å². The summed E-state index contributed by atoms with van der Waals surface area (Å²) in [4.78, 5) is 32.7. The Morgan fingerprint density at radius 1 is 1.37 bits per heavy atom. The van der Waals surface area contributed by atoms with E-state index in [1.165, 1.54) is 12.1 Å². The summed E-state index contributed by atoms with van der Waals surface area (Å²) in [5, 5.41) is 11.0. The molecule has 0 unspecified atom stereocenters. The van der Waals surface area contributed by atoms with Crippen LogP contribution in [0.5, 0.6) is 0 Å². The van der Waals surface area contributed by atoms with Crippen molar-refractivity contribution >= 4 is 11.6 Å². The lowest BCUT2D eigenvalue weighted by Crippen LogP contribution is -2.32. The molecular formula is C20H28N4O3. The third-order valence-corrected chi connectivity index (χ3v) is 4.78. The average molecular weight is 372 g/mol. The van der Waals surface area contributed by atoms with E-state index in [-0.39, 0.29) is 17.5 Å². The number of nitro groups is 1. The van der Waals surface area contributed by atoms with Crippen molar-refractivity contribution in [1.29, 1.82) is 0 Å². The Morgan fingerprint density at radius 2 is 2.11 bits per heavy atom. The number of aromatic amines is 1. The van der Waals surface area contributed by atoms with Crippen molar-refractivity contribution in [2.45, 2.75) is 53.0 Å². The van der Waals surface area contributed by atoms with Gasteiger partial charge in [0.25, 0.3) is 5.69 Å². The van der Waals surface area contributed by atoms with Gasteiger partial charge in [0.2, 0.25) is 5.91 Å². The van der Waals surface area contributed by atoms with Crippen LogP contribution in [-0.2, 0) is 11.3 Å². The fourth-order valence-corrected chi connectivity index (χ4v) is 3.21. The zero-order chi connectivity index (χ0) is 20.0. The molecule has 0 radical (unpaired) electrons. The molecule has 2 aromatic rings. The first-order chi connectivity index (χ1) is 12.9. The second kappa shape index (κ2) is 9.30. The highest BCUT2D eigenvalue weighted by Gasteiger charge is 2.21. The lowest BCUT2D eigenvalue weighted by atomic mass is 9.98. The Morgan fingerprint density at radius 3 is 2.74 bits per heavy atom. The predicted molar refractivity (Wildman–Crippen MR) is 105 cm³/mol. The molecule has 0 saturated carbocycles. The van der Waals surface area contributed by atoms with E-state index in [0.29, 0.717) is 23.6 Å². The molecule has 7 heteroatoms. The first kappa shape index (κ1) is 20.6. The van der Waals surface area contributed by atoms with Gasteiger partial charge in [-0.3, -0.25) is 14.9 Å². The number of nitro benzene ring substituents is 1. The van der Waals surface area contributed by atoms with E-state index in [0.717, 1.165) is 31.4 Å². The van der Waals surface area contributed by atoms with Crippen LogP contribution in [0.2, 0.25) is 0 Å². The Kier molecular flexibility index (Phi) is 7.10. The summed E-state index contributed by atoms with van der Waals surface area (Å²) in [7, 11) is 1.79. The molecule has 0 fully saturated rings. The molecule has 0 aliphatic carbocycles. The van der Waals surface area contributed by atoms with Crippen molar-refractivity contribution in [2.24, 2.45) is 5.92 Å². The molecule has 7 nitrogen and oxygen atoms in total. The molecule has 0 bridgehead atoms. The molecule has 1 aromatic carbocycles. The lowest BCUT2D eigenvalue weighted by Gasteiger charge is -2.22. The van der Waals surface area contributed by atoms with E-state index >= 15 is 0 Å². The summed E-state index contributed by atoms with van der Waals surface area (Å²) in [6, 6.07) is 6.42. The zero-order valence-electron chi connectivity index (χ0n) is 16.5. The number of hydrogen-bond acceptors (Lipinski definition) is 4. The van der Waals surface area contributed by atoms with Gasteiger partial charge in [0.1, 0.15) is 5.82 Å². The van der Waals surface area contributed by atoms with Crippen molar-refractivity contribution in [3.05, 3.63) is 45.9 Å². The predicted octanol–water partition coefficient (Wildman–Crippen LogP) is 4.47. The first-order valence-electron chi connectivity index (χ1n) is 9.42. The van der Waals surface area contributed by atoms with E-state index in [4.69, 9.17) is 0 Å². The van der Waals surface area contributed by atoms with Crippen molar-refractivity contribution in [2.75, 3.05) is 7.05 Å². The van der Waals surface area contributed by atoms with E-state index in [1.54, 1.807) is 24.1 Å². The van der Waals surface area contributed by atoms with E-state index in [9.17, 15) is 14.9 Å². The Bertz CT molecular complexity index is 800. The molecule has 27 heavy (non-hydrogen) atoms. The largest absolute Gasteiger partial charge is 0.344 e. The minimum atomic E-state index is -0.417. The van der Waals surface area contributed by atoms with Gasteiger partial charge in [-0.15, -0.1) is 0 Å². The quantitative estimate of drug-likeness (QED) is 0.519. The number of rotatable bonds is 9. The van der Waals surface area contributed by atoms with Crippen LogP contribution in [-0.4, -0.2) is 32.7 Å². The molecule has 1 atom stereocenters. The van der Waals surface area contributed by atoms with Crippen LogP contribution >= 0.6 is 0 Å². The minimum absolute atomic E-state index is 0.0328. The standard InChI is InChI=1S/C20H28N4O3/c1-5-7-9-15(6-2)20(25)23(4)13-18-21-14(3)19(22-18)16-10-8-11-17(12-16)24(26)27/h8,10-12,15H,5-7,9,13H2,1-4H3,(H,21,22)/t15-/m0/s1. The molecule has 146 valence electrons. The van der Waals surface area contributed by atoms with Crippen LogP contribution in [0.4, 0.5) is 5.69 Å². The summed E-state index contributed by atoms with van der Waals surface area (Å²) in [6.45, 7) is 6.44. The second-order valence-electron chi connectivity index (χ2n) is 6.91. The molecule has 1 aromatic heterocycles. The third kappa shape index (κ3) is 5.15. The highest BCUT2D eigenvalue weighted by Crippen LogP contribution is 2.25. The van der Waals surface area contributed by atoms with Gasteiger partial charge in [-0.1, -0.05) is 38.8 Å². The number of nitrogens with zero attached hydrogens (tertiary/aromatic N) is 3. The molecule has 0 spiro atoms. The topological polar surface area (TPSA) is 92.1 Å². The number of aryl methyl sites for hydroxylation is 1. The minimum Gasteiger partial charge on any atom is -0.344 e. The van der Waals surface area contributed by atoms with Crippen molar-refractivity contribution in [3.8, 4) is 11.3 Å². The molecule has 2 rings (SSSR count). The number of H-pyrrole nitrogens is 1. The summed E-state index contributed by atoms with van der Waals surface area (Å²) in [6.07, 6.45) is 3.87. The number of aromatic nitrogens is 2. The average Bonchev–Trinajstić information content (AvgIpc) is 3.02. The number of imidazole rings is 1. The Labute approximate surface area is 160 Å². The maximum Gasteiger partial charge on any atom is 0.270 e. The summed E-state index contributed by atoms with van der Waals surface area (Å²) in [5.41, 5.74) is 2.22. The summed E-state index contributed by atoms with van der Waals surface area (Å²) >= 11 is 0. The number of unbranched alkanes of at least 4 members (excludes halogenated alkanes) is 1. The number of hydrogen-bond donors (Lipinski definition) is 1. The van der Waals surface area contributed by atoms with Gasteiger partial charge in [0.05, 0.1) is 17.2 Å². The Hall–Kier alpha value is -2.70. The van der Waals surface area contributed by atoms with Crippen LogP contribution in [0, 0.1) is 23.0 Å². The zero-order valence-corrected chi connectivity index (χ0v) is 16.5. The summed E-state index contributed by atoms with van der Waals surface area (Å²) in [5.74, 6) is 0.856. The van der Waals surface area contributed by atoms with Crippen LogP contribution < -0.4 is 0 Å². The molecule has 0 aliphatic rings. The fraction of sp³-hybridized carbons (Fsp3) is 0.500.